The molecule has 0 heterocycles. The van der Waals surface area contributed by atoms with Crippen molar-refractivity contribution >= 4 is 5.69 Å². The topological polar surface area (TPSA) is 47.7 Å². The molecule has 0 aromatic heterocycles. The summed E-state index contributed by atoms with van der Waals surface area (Å²) in [5.74, 6) is 1.80. The van der Waals surface area contributed by atoms with E-state index >= 15 is 0 Å². The van der Waals surface area contributed by atoms with Crippen molar-refractivity contribution in [3.63, 3.8) is 0 Å². The SMILES string of the molecule is COc1cc(N(C)CC2(N)CC2)c(OC)c(C)c1C. The molecule has 0 amide bonds. The zero-order valence-electron chi connectivity index (χ0n) is 12.5. The van der Waals surface area contributed by atoms with Gasteiger partial charge in [0.25, 0.3) is 0 Å². The summed E-state index contributed by atoms with van der Waals surface area (Å²) in [4.78, 5) is 2.17. The van der Waals surface area contributed by atoms with Crippen molar-refractivity contribution in [3.8, 4) is 11.5 Å². The van der Waals surface area contributed by atoms with Crippen molar-refractivity contribution in [2.24, 2.45) is 5.73 Å². The van der Waals surface area contributed by atoms with Crippen LogP contribution < -0.4 is 20.1 Å². The van der Waals surface area contributed by atoms with Gasteiger partial charge in [-0.3, -0.25) is 0 Å². The standard InChI is InChI=1S/C15H24N2O2/c1-10-11(2)14(19-5)12(8-13(10)18-4)17(3)9-15(16)6-7-15/h8H,6-7,9,16H2,1-5H3. The number of ether oxygens (including phenoxy) is 2. The molecule has 1 fully saturated rings. The molecule has 0 saturated heterocycles. The summed E-state index contributed by atoms with van der Waals surface area (Å²) in [5, 5.41) is 0. The second-order valence-corrected chi connectivity index (χ2v) is 5.60. The molecule has 0 unspecified atom stereocenters. The van der Waals surface area contributed by atoms with Crippen LogP contribution in [0.1, 0.15) is 24.0 Å². The smallest absolute Gasteiger partial charge is 0.145 e. The fourth-order valence-corrected chi connectivity index (χ4v) is 2.47. The van der Waals surface area contributed by atoms with Gasteiger partial charge in [0.05, 0.1) is 19.9 Å². The second-order valence-electron chi connectivity index (χ2n) is 5.60. The van der Waals surface area contributed by atoms with Crippen molar-refractivity contribution in [2.75, 3.05) is 32.7 Å². The Balaban J connectivity index is 2.39. The molecule has 0 atom stereocenters. The first-order valence-electron chi connectivity index (χ1n) is 6.64. The van der Waals surface area contributed by atoms with Crippen LogP contribution in [-0.4, -0.2) is 33.4 Å². The van der Waals surface area contributed by atoms with Gasteiger partial charge in [-0.2, -0.15) is 0 Å². The Morgan fingerprint density at radius 2 is 1.84 bits per heavy atom. The highest BCUT2D eigenvalue weighted by atomic mass is 16.5. The Kier molecular flexibility index (Phi) is 3.63. The monoisotopic (exact) mass is 264 g/mol. The van der Waals surface area contributed by atoms with Crippen LogP contribution in [0.4, 0.5) is 5.69 Å². The molecule has 2 rings (SSSR count). The number of anilines is 1. The fraction of sp³-hybridized carbons (Fsp3) is 0.600. The first kappa shape index (κ1) is 14.0. The minimum absolute atomic E-state index is 0.0220. The second kappa shape index (κ2) is 4.93. The van der Waals surface area contributed by atoms with E-state index in [0.717, 1.165) is 47.7 Å². The molecular weight excluding hydrogens is 240 g/mol. The van der Waals surface area contributed by atoms with E-state index < -0.39 is 0 Å². The fourth-order valence-electron chi connectivity index (χ4n) is 2.47. The molecular formula is C15H24N2O2. The van der Waals surface area contributed by atoms with Crippen LogP contribution in [0, 0.1) is 13.8 Å². The number of benzene rings is 1. The Morgan fingerprint density at radius 1 is 1.21 bits per heavy atom. The largest absolute Gasteiger partial charge is 0.496 e. The highest BCUT2D eigenvalue weighted by molar-refractivity contribution is 5.67. The lowest BCUT2D eigenvalue weighted by atomic mass is 10.1. The Hall–Kier alpha value is -1.42. The van der Waals surface area contributed by atoms with E-state index in [9.17, 15) is 0 Å². The molecule has 1 aliphatic carbocycles. The molecule has 1 aromatic rings. The third-order valence-corrected chi connectivity index (χ3v) is 4.05. The molecule has 1 aromatic carbocycles. The number of likely N-dealkylation sites (N-methyl/N-ethyl adjacent to an activating group) is 1. The van der Waals surface area contributed by atoms with E-state index in [1.807, 2.05) is 13.0 Å². The minimum Gasteiger partial charge on any atom is -0.496 e. The van der Waals surface area contributed by atoms with Crippen LogP contribution >= 0.6 is 0 Å². The third-order valence-electron chi connectivity index (χ3n) is 4.05. The van der Waals surface area contributed by atoms with Crippen LogP contribution in [0.15, 0.2) is 6.07 Å². The first-order valence-corrected chi connectivity index (χ1v) is 6.64. The van der Waals surface area contributed by atoms with Gasteiger partial charge in [-0.05, 0) is 37.8 Å². The van der Waals surface area contributed by atoms with E-state index in [2.05, 4.69) is 18.9 Å². The summed E-state index contributed by atoms with van der Waals surface area (Å²) in [6, 6.07) is 2.03. The lowest BCUT2D eigenvalue weighted by molar-refractivity contribution is 0.397. The van der Waals surface area contributed by atoms with Gasteiger partial charge in [0.1, 0.15) is 11.5 Å². The van der Waals surface area contributed by atoms with Gasteiger partial charge in [-0.1, -0.05) is 0 Å². The van der Waals surface area contributed by atoms with E-state index in [1.54, 1.807) is 14.2 Å². The van der Waals surface area contributed by atoms with Gasteiger partial charge in [-0.15, -0.1) is 0 Å². The summed E-state index contributed by atoms with van der Waals surface area (Å²) in [5.41, 5.74) is 9.45. The maximum atomic E-state index is 6.20. The average Bonchev–Trinajstić information content (AvgIpc) is 3.09. The zero-order chi connectivity index (χ0) is 14.2. The van der Waals surface area contributed by atoms with Crippen LogP contribution in [0.5, 0.6) is 11.5 Å². The third kappa shape index (κ3) is 2.63. The van der Waals surface area contributed by atoms with Crippen molar-refractivity contribution in [2.45, 2.75) is 32.2 Å². The van der Waals surface area contributed by atoms with Crippen molar-refractivity contribution in [3.05, 3.63) is 17.2 Å². The Morgan fingerprint density at radius 3 is 2.32 bits per heavy atom. The van der Waals surface area contributed by atoms with Gasteiger partial charge >= 0.3 is 0 Å². The molecule has 0 aliphatic heterocycles. The van der Waals surface area contributed by atoms with Gasteiger partial charge in [-0.25, -0.2) is 0 Å². The van der Waals surface area contributed by atoms with E-state index in [0.29, 0.717) is 0 Å². The Labute approximate surface area is 115 Å². The first-order chi connectivity index (χ1) is 8.91. The molecule has 4 heteroatoms. The molecule has 4 nitrogen and oxygen atoms in total. The van der Waals surface area contributed by atoms with Crippen molar-refractivity contribution < 1.29 is 9.47 Å². The van der Waals surface area contributed by atoms with E-state index in [4.69, 9.17) is 15.2 Å². The number of rotatable bonds is 5. The van der Waals surface area contributed by atoms with Gasteiger partial charge in [0, 0.05) is 25.2 Å². The van der Waals surface area contributed by atoms with E-state index in [-0.39, 0.29) is 5.54 Å². The summed E-state index contributed by atoms with van der Waals surface area (Å²) >= 11 is 0. The maximum absolute atomic E-state index is 6.20. The molecule has 106 valence electrons. The normalized spacial score (nSPS) is 16.1. The molecule has 1 aliphatic rings. The number of hydrogen-bond donors (Lipinski definition) is 1. The molecule has 1 saturated carbocycles. The highest BCUT2D eigenvalue weighted by Gasteiger charge is 2.39. The van der Waals surface area contributed by atoms with Gasteiger partial charge in [0.15, 0.2) is 0 Å². The van der Waals surface area contributed by atoms with Gasteiger partial charge in [0.2, 0.25) is 0 Å². The number of hydrogen-bond acceptors (Lipinski definition) is 4. The van der Waals surface area contributed by atoms with Crippen LogP contribution in [0.3, 0.4) is 0 Å². The number of nitrogens with two attached hydrogens (primary N) is 1. The number of nitrogens with zero attached hydrogens (tertiary/aromatic N) is 1. The predicted octanol–water partition coefficient (Wildman–Crippen LogP) is 2.25. The highest BCUT2D eigenvalue weighted by Crippen LogP contribution is 2.41. The minimum atomic E-state index is -0.0220. The molecule has 19 heavy (non-hydrogen) atoms. The van der Waals surface area contributed by atoms with Crippen LogP contribution in [0.25, 0.3) is 0 Å². The van der Waals surface area contributed by atoms with Crippen molar-refractivity contribution in [1.82, 2.24) is 0 Å². The molecule has 0 bridgehead atoms. The number of methoxy groups -OCH3 is 2. The average molecular weight is 264 g/mol. The lowest BCUT2D eigenvalue weighted by Crippen LogP contribution is -2.37. The molecule has 2 N–H and O–H groups in total. The summed E-state index contributed by atoms with van der Waals surface area (Å²) in [7, 11) is 5.46. The Bertz CT molecular complexity index is 482. The molecule has 0 spiro atoms. The summed E-state index contributed by atoms with van der Waals surface area (Å²) in [6.45, 7) is 4.95. The quantitative estimate of drug-likeness (QED) is 0.886. The molecule has 0 radical (unpaired) electrons. The zero-order valence-corrected chi connectivity index (χ0v) is 12.5. The summed E-state index contributed by atoms with van der Waals surface area (Å²) in [6.07, 6.45) is 2.20. The van der Waals surface area contributed by atoms with Gasteiger partial charge < -0.3 is 20.1 Å². The van der Waals surface area contributed by atoms with Crippen LogP contribution in [-0.2, 0) is 0 Å². The lowest BCUT2D eigenvalue weighted by Gasteiger charge is -2.27. The summed E-state index contributed by atoms with van der Waals surface area (Å²) < 4.78 is 11.0. The van der Waals surface area contributed by atoms with E-state index in [1.165, 1.54) is 0 Å². The van der Waals surface area contributed by atoms with Crippen LogP contribution in [0.2, 0.25) is 0 Å². The van der Waals surface area contributed by atoms with Crippen molar-refractivity contribution in [1.29, 1.82) is 0 Å². The maximum Gasteiger partial charge on any atom is 0.145 e. The predicted molar refractivity (Wildman–Crippen MR) is 78.4 cm³/mol.